The highest BCUT2D eigenvalue weighted by molar-refractivity contribution is 7.15. The number of fused-ring (bicyclic) bond motifs is 1. The van der Waals surface area contributed by atoms with E-state index in [2.05, 4.69) is 5.32 Å². The molecule has 0 saturated carbocycles. The number of hydrogen-bond donors (Lipinski definition) is 1. The summed E-state index contributed by atoms with van der Waals surface area (Å²) in [6, 6.07) is 5.19. The smallest absolute Gasteiger partial charge is 0.142 e. The number of nitrogens with one attached hydrogen (secondary N) is 1. The molecule has 1 aromatic carbocycles. The van der Waals surface area contributed by atoms with E-state index < -0.39 is 5.82 Å². The third kappa shape index (κ3) is 2.40. The average molecular weight is 297 g/mol. The van der Waals surface area contributed by atoms with Crippen LogP contribution in [0, 0.1) is 5.82 Å². The Bertz CT molecular complexity index is 611. The Hall–Kier alpha value is -0.970. The van der Waals surface area contributed by atoms with Crippen LogP contribution in [-0.2, 0) is 6.42 Å². The van der Waals surface area contributed by atoms with E-state index in [1.54, 1.807) is 17.4 Å². The second-order valence-electron chi connectivity index (χ2n) is 4.69. The Labute approximate surface area is 120 Å². The fraction of sp³-hybridized carbons (Fsp3) is 0.357. The lowest BCUT2D eigenvalue weighted by Gasteiger charge is -2.19. The number of benzene rings is 1. The summed E-state index contributed by atoms with van der Waals surface area (Å²) < 4.78 is 13.5. The van der Waals surface area contributed by atoms with Crippen LogP contribution in [0.3, 0.4) is 0 Å². The Kier molecular flexibility index (Phi) is 3.56. The Morgan fingerprint density at radius 1 is 1.47 bits per heavy atom. The van der Waals surface area contributed by atoms with Crippen molar-refractivity contribution in [2.45, 2.75) is 25.3 Å². The fourth-order valence-corrected chi connectivity index (χ4v) is 3.73. The number of aromatic nitrogens is 1. The van der Waals surface area contributed by atoms with Gasteiger partial charge in [0.15, 0.2) is 0 Å². The predicted molar refractivity (Wildman–Crippen MR) is 77.3 cm³/mol. The minimum Gasteiger partial charge on any atom is -0.312 e. The van der Waals surface area contributed by atoms with Crippen molar-refractivity contribution < 1.29 is 4.39 Å². The number of rotatable bonds is 2. The van der Waals surface area contributed by atoms with E-state index in [4.69, 9.17) is 16.6 Å². The molecule has 1 N–H and O–H groups in total. The molecular formula is C14H14ClFN2S. The van der Waals surface area contributed by atoms with Gasteiger partial charge in [-0.1, -0.05) is 17.7 Å². The highest BCUT2D eigenvalue weighted by Gasteiger charge is 2.23. The van der Waals surface area contributed by atoms with Crippen molar-refractivity contribution in [2.24, 2.45) is 0 Å². The maximum absolute atomic E-state index is 13.5. The standard InChI is InChI=1S/C14H14ClFN2S/c1-17-11-3-2-4-12-13(11)18-14(19-12)8-5-6-9(15)10(16)7-8/h5-7,11,17H,2-4H2,1H3. The first-order valence-electron chi connectivity index (χ1n) is 6.31. The maximum atomic E-state index is 13.5. The molecular weight excluding hydrogens is 283 g/mol. The zero-order valence-corrected chi connectivity index (χ0v) is 12.1. The van der Waals surface area contributed by atoms with E-state index in [0.717, 1.165) is 29.1 Å². The summed E-state index contributed by atoms with van der Waals surface area (Å²) in [7, 11) is 1.96. The van der Waals surface area contributed by atoms with Crippen molar-refractivity contribution in [1.82, 2.24) is 10.3 Å². The molecule has 0 saturated heterocycles. The van der Waals surface area contributed by atoms with Crippen LogP contribution >= 0.6 is 22.9 Å². The third-order valence-electron chi connectivity index (χ3n) is 3.47. The molecule has 19 heavy (non-hydrogen) atoms. The molecule has 2 nitrogen and oxygen atoms in total. The molecule has 5 heteroatoms. The molecule has 1 aromatic heterocycles. The van der Waals surface area contributed by atoms with Gasteiger partial charge in [-0.2, -0.15) is 0 Å². The van der Waals surface area contributed by atoms with Crippen molar-refractivity contribution in [1.29, 1.82) is 0 Å². The summed E-state index contributed by atoms with van der Waals surface area (Å²) in [4.78, 5) is 6.01. The molecule has 1 aliphatic carbocycles. The molecule has 1 heterocycles. The lowest BCUT2D eigenvalue weighted by Crippen LogP contribution is -2.21. The molecule has 100 valence electrons. The minimum atomic E-state index is -0.391. The van der Waals surface area contributed by atoms with Gasteiger partial charge in [0.05, 0.1) is 16.8 Å². The van der Waals surface area contributed by atoms with Crippen LogP contribution in [0.15, 0.2) is 18.2 Å². The summed E-state index contributed by atoms with van der Waals surface area (Å²) in [6.45, 7) is 0. The largest absolute Gasteiger partial charge is 0.312 e. The van der Waals surface area contributed by atoms with E-state index >= 15 is 0 Å². The van der Waals surface area contributed by atoms with Gasteiger partial charge in [-0.05, 0) is 38.4 Å². The summed E-state index contributed by atoms with van der Waals surface area (Å²) in [5.74, 6) is -0.391. The number of nitrogens with zero attached hydrogens (tertiary/aromatic N) is 1. The van der Waals surface area contributed by atoms with Gasteiger partial charge in [0.25, 0.3) is 0 Å². The van der Waals surface area contributed by atoms with E-state index in [1.165, 1.54) is 17.4 Å². The third-order valence-corrected chi connectivity index (χ3v) is 4.96. The lowest BCUT2D eigenvalue weighted by atomic mass is 9.98. The summed E-state index contributed by atoms with van der Waals surface area (Å²) in [6.07, 6.45) is 3.36. The Balaban J connectivity index is 2.02. The monoisotopic (exact) mass is 296 g/mol. The highest BCUT2D eigenvalue weighted by atomic mass is 35.5. The molecule has 0 aliphatic heterocycles. The molecule has 3 rings (SSSR count). The van der Waals surface area contributed by atoms with Gasteiger partial charge >= 0.3 is 0 Å². The van der Waals surface area contributed by atoms with Crippen LogP contribution in [-0.4, -0.2) is 12.0 Å². The average Bonchev–Trinajstić information content (AvgIpc) is 2.85. The van der Waals surface area contributed by atoms with E-state index in [9.17, 15) is 4.39 Å². The lowest BCUT2D eigenvalue weighted by molar-refractivity contribution is 0.490. The highest BCUT2D eigenvalue weighted by Crippen LogP contribution is 2.37. The van der Waals surface area contributed by atoms with Gasteiger partial charge in [-0.3, -0.25) is 0 Å². The molecule has 0 spiro atoms. The Morgan fingerprint density at radius 3 is 3.05 bits per heavy atom. The van der Waals surface area contributed by atoms with Gasteiger partial charge in [0.1, 0.15) is 10.8 Å². The van der Waals surface area contributed by atoms with Crippen LogP contribution in [0.25, 0.3) is 10.6 Å². The molecule has 1 unspecified atom stereocenters. The van der Waals surface area contributed by atoms with Crippen LogP contribution in [0.2, 0.25) is 5.02 Å². The summed E-state index contributed by atoms with van der Waals surface area (Å²) in [5, 5.41) is 4.32. The van der Waals surface area contributed by atoms with Crippen LogP contribution in [0.1, 0.15) is 29.5 Å². The molecule has 0 amide bonds. The van der Waals surface area contributed by atoms with Crippen LogP contribution < -0.4 is 5.32 Å². The molecule has 0 radical (unpaired) electrons. The van der Waals surface area contributed by atoms with E-state index in [-0.39, 0.29) is 5.02 Å². The zero-order chi connectivity index (χ0) is 13.4. The van der Waals surface area contributed by atoms with Crippen LogP contribution in [0.4, 0.5) is 4.39 Å². The van der Waals surface area contributed by atoms with E-state index in [1.807, 2.05) is 13.1 Å². The summed E-state index contributed by atoms with van der Waals surface area (Å²) in [5.41, 5.74) is 1.93. The summed E-state index contributed by atoms with van der Waals surface area (Å²) >= 11 is 7.37. The maximum Gasteiger partial charge on any atom is 0.142 e. The molecule has 2 aromatic rings. The van der Waals surface area contributed by atoms with Gasteiger partial charge in [-0.25, -0.2) is 9.37 Å². The normalized spacial score (nSPS) is 18.4. The predicted octanol–water partition coefficient (Wildman–Crippen LogP) is 4.20. The van der Waals surface area contributed by atoms with Gasteiger partial charge in [-0.15, -0.1) is 11.3 Å². The van der Waals surface area contributed by atoms with Gasteiger partial charge in [0.2, 0.25) is 0 Å². The second-order valence-corrected chi connectivity index (χ2v) is 6.18. The molecule has 0 bridgehead atoms. The first kappa shape index (κ1) is 13.0. The minimum absolute atomic E-state index is 0.151. The van der Waals surface area contributed by atoms with Gasteiger partial charge < -0.3 is 5.32 Å². The Morgan fingerprint density at radius 2 is 2.32 bits per heavy atom. The van der Waals surface area contributed by atoms with E-state index in [0.29, 0.717) is 6.04 Å². The first-order chi connectivity index (χ1) is 9.19. The van der Waals surface area contributed by atoms with Crippen molar-refractivity contribution in [3.05, 3.63) is 39.6 Å². The SMILES string of the molecule is CNC1CCCc2sc(-c3ccc(Cl)c(F)c3)nc21. The quantitative estimate of drug-likeness (QED) is 0.898. The number of aryl methyl sites for hydroxylation is 1. The van der Waals surface area contributed by atoms with Crippen molar-refractivity contribution in [2.75, 3.05) is 7.05 Å². The first-order valence-corrected chi connectivity index (χ1v) is 7.51. The molecule has 1 aliphatic rings. The number of halogens is 2. The second kappa shape index (κ2) is 5.19. The van der Waals surface area contributed by atoms with Crippen molar-refractivity contribution in [3.63, 3.8) is 0 Å². The number of hydrogen-bond acceptors (Lipinski definition) is 3. The molecule has 1 atom stereocenters. The topological polar surface area (TPSA) is 24.9 Å². The van der Waals surface area contributed by atoms with Crippen molar-refractivity contribution >= 4 is 22.9 Å². The number of thiazole rings is 1. The zero-order valence-electron chi connectivity index (χ0n) is 10.5. The fourth-order valence-electron chi connectivity index (χ4n) is 2.45. The van der Waals surface area contributed by atoms with Gasteiger partial charge in [0, 0.05) is 10.4 Å². The van der Waals surface area contributed by atoms with Crippen molar-refractivity contribution in [3.8, 4) is 10.6 Å². The van der Waals surface area contributed by atoms with Crippen LogP contribution in [0.5, 0.6) is 0 Å². The molecule has 0 fully saturated rings.